The van der Waals surface area contributed by atoms with Gasteiger partial charge in [-0.3, -0.25) is 9.69 Å². The zero-order valence-corrected chi connectivity index (χ0v) is 14.5. The van der Waals surface area contributed by atoms with Crippen LogP contribution in [0.5, 0.6) is 0 Å². The van der Waals surface area contributed by atoms with Crippen molar-refractivity contribution in [2.75, 3.05) is 45.8 Å². The number of nitrogens with zero attached hydrogens (tertiary/aromatic N) is 2. The molecule has 0 aliphatic carbocycles. The topological polar surface area (TPSA) is 35.6 Å². The first-order valence-electron chi connectivity index (χ1n) is 8.70. The number of nitrogens with one attached hydrogen (secondary N) is 1. The molecule has 4 nitrogen and oxygen atoms in total. The summed E-state index contributed by atoms with van der Waals surface area (Å²) in [7, 11) is 0. The minimum Gasteiger partial charge on any atom is -0.342 e. The number of hydrogen-bond acceptors (Lipinski definition) is 3. The molecule has 124 valence electrons. The van der Waals surface area contributed by atoms with Gasteiger partial charge in [-0.15, -0.1) is 0 Å². The van der Waals surface area contributed by atoms with Crippen LogP contribution >= 0.6 is 0 Å². The minimum absolute atomic E-state index is 0.318. The molecule has 0 unspecified atom stereocenters. The van der Waals surface area contributed by atoms with Gasteiger partial charge < -0.3 is 10.2 Å². The molecule has 1 amide bonds. The number of carbonyl (C=O) groups excluding carboxylic acids is 1. The molecular weight excluding hydrogens is 262 g/mol. The molecule has 0 atom stereocenters. The van der Waals surface area contributed by atoms with Gasteiger partial charge in [-0.25, -0.2) is 0 Å². The van der Waals surface area contributed by atoms with E-state index in [4.69, 9.17) is 0 Å². The molecule has 0 aromatic carbocycles. The highest BCUT2D eigenvalue weighted by molar-refractivity contribution is 5.78. The molecule has 1 rings (SSSR count). The van der Waals surface area contributed by atoms with E-state index in [2.05, 4.69) is 42.8 Å². The summed E-state index contributed by atoms with van der Waals surface area (Å²) < 4.78 is 0. The van der Waals surface area contributed by atoms with E-state index >= 15 is 0 Å². The third-order valence-electron chi connectivity index (χ3n) is 4.10. The first kappa shape index (κ1) is 18.4. The van der Waals surface area contributed by atoms with Crippen LogP contribution in [0.25, 0.3) is 0 Å². The number of hydrogen-bond donors (Lipinski definition) is 1. The Morgan fingerprint density at radius 2 is 1.67 bits per heavy atom. The van der Waals surface area contributed by atoms with Gasteiger partial charge in [-0.05, 0) is 44.2 Å². The maximum Gasteiger partial charge on any atom is 0.236 e. The third-order valence-corrected chi connectivity index (χ3v) is 4.10. The second kappa shape index (κ2) is 10.2. The lowest BCUT2D eigenvalue weighted by Crippen LogP contribution is -2.42. The van der Waals surface area contributed by atoms with Gasteiger partial charge in [-0.2, -0.15) is 0 Å². The zero-order chi connectivity index (χ0) is 15.7. The molecule has 1 saturated heterocycles. The average molecular weight is 297 g/mol. The van der Waals surface area contributed by atoms with Gasteiger partial charge in [0.05, 0.1) is 6.54 Å². The quantitative estimate of drug-likeness (QED) is 0.746. The summed E-state index contributed by atoms with van der Waals surface area (Å²) in [5, 5.41) is 3.39. The van der Waals surface area contributed by atoms with Crippen molar-refractivity contribution in [2.24, 2.45) is 11.8 Å². The Morgan fingerprint density at radius 1 is 1.05 bits per heavy atom. The standard InChI is InChI=1S/C17H35N3O/c1-15(2)6-11-20(12-7-16(3)4)17(21)14-19-10-5-8-18-9-13-19/h15-16,18H,5-14H2,1-4H3. The average Bonchev–Trinajstić information content (AvgIpc) is 2.66. The monoisotopic (exact) mass is 297 g/mol. The lowest BCUT2D eigenvalue weighted by atomic mass is 10.1. The molecule has 0 aromatic rings. The molecule has 1 aliphatic heterocycles. The van der Waals surface area contributed by atoms with Crippen LogP contribution in [-0.2, 0) is 4.79 Å². The maximum atomic E-state index is 12.6. The van der Waals surface area contributed by atoms with Gasteiger partial charge in [0.25, 0.3) is 0 Å². The van der Waals surface area contributed by atoms with E-state index in [1.807, 2.05) is 0 Å². The van der Waals surface area contributed by atoms with E-state index in [-0.39, 0.29) is 0 Å². The van der Waals surface area contributed by atoms with Gasteiger partial charge in [-0.1, -0.05) is 27.7 Å². The second-order valence-electron chi connectivity index (χ2n) is 7.13. The van der Waals surface area contributed by atoms with Crippen LogP contribution in [0.3, 0.4) is 0 Å². The molecule has 1 heterocycles. The molecule has 0 radical (unpaired) electrons. The van der Waals surface area contributed by atoms with Crippen molar-refractivity contribution in [3.05, 3.63) is 0 Å². The molecule has 0 saturated carbocycles. The van der Waals surface area contributed by atoms with Crippen LogP contribution in [0, 0.1) is 11.8 Å². The Hall–Kier alpha value is -0.610. The van der Waals surface area contributed by atoms with Crippen molar-refractivity contribution >= 4 is 5.91 Å². The van der Waals surface area contributed by atoms with Crippen LogP contribution in [0.4, 0.5) is 0 Å². The van der Waals surface area contributed by atoms with Crippen molar-refractivity contribution in [3.63, 3.8) is 0 Å². The highest BCUT2D eigenvalue weighted by Crippen LogP contribution is 2.08. The fourth-order valence-electron chi connectivity index (χ4n) is 2.54. The Balaban J connectivity index is 2.47. The third kappa shape index (κ3) is 8.42. The van der Waals surface area contributed by atoms with Crippen molar-refractivity contribution in [1.82, 2.24) is 15.1 Å². The minimum atomic E-state index is 0.318. The predicted molar refractivity (Wildman–Crippen MR) is 89.4 cm³/mol. The molecule has 4 heteroatoms. The number of carbonyl (C=O) groups is 1. The molecule has 1 N–H and O–H groups in total. The Labute approximate surface area is 131 Å². The summed E-state index contributed by atoms with van der Waals surface area (Å²) in [6.45, 7) is 15.5. The first-order chi connectivity index (χ1) is 9.99. The van der Waals surface area contributed by atoms with E-state index in [1.165, 1.54) is 0 Å². The van der Waals surface area contributed by atoms with Gasteiger partial charge >= 0.3 is 0 Å². The smallest absolute Gasteiger partial charge is 0.236 e. The Morgan fingerprint density at radius 3 is 2.24 bits per heavy atom. The summed E-state index contributed by atoms with van der Waals surface area (Å²) in [5.41, 5.74) is 0. The van der Waals surface area contributed by atoms with Crippen molar-refractivity contribution < 1.29 is 4.79 Å². The van der Waals surface area contributed by atoms with E-state index < -0.39 is 0 Å². The van der Waals surface area contributed by atoms with Crippen LogP contribution in [0.1, 0.15) is 47.0 Å². The summed E-state index contributed by atoms with van der Waals surface area (Å²) in [6, 6.07) is 0. The lowest BCUT2D eigenvalue weighted by molar-refractivity contribution is -0.132. The summed E-state index contributed by atoms with van der Waals surface area (Å²) in [6.07, 6.45) is 3.35. The molecule has 1 aliphatic rings. The van der Waals surface area contributed by atoms with Gasteiger partial charge in [0.15, 0.2) is 0 Å². The van der Waals surface area contributed by atoms with Crippen molar-refractivity contribution in [3.8, 4) is 0 Å². The van der Waals surface area contributed by atoms with Gasteiger partial charge in [0.1, 0.15) is 0 Å². The lowest BCUT2D eigenvalue weighted by Gasteiger charge is -2.28. The summed E-state index contributed by atoms with van der Waals surface area (Å²) in [5.74, 6) is 1.63. The normalized spacial score (nSPS) is 17.2. The van der Waals surface area contributed by atoms with Crippen LogP contribution in [0.15, 0.2) is 0 Å². The molecular formula is C17H35N3O. The SMILES string of the molecule is CC(C)CCN(CCC(C)C)C(=O)CN1CCCNCC1. The molecule has 1 fully saturated rings. The Bertz CT molecular complexity index is 272. The van der Waals surface area contributed by atoms with E-state index in [0.717, 1.165) is 58.5 Å². The van der Waals surface area contributed by atoms with E-state index in [1.54, 1.807) is 0 Å². The van der Waals surface area contributed by atoms with Gasteiger partial charge in [0.2, 0.25) is 5.91 Å². The van der Waals surface area contributed by atoms with E-state index in [0.29, 0.717) is 24.3 Å². The number of amides is 1. The summed E-state index contributed by atoms with van der Waals surface area (Å²) in [4.78, 5) is 17.0. The predicted octanol–water partition coefficient (Wildman–Crippen LogP) is 2.20. The fraction of sp³-hybridized carbons (Fsp3) is 0.941. The largest absolute Gasteiger partial charge is 0.342 e. The van der Waals surface area contributed by atoms with Gasteiger partial charge in [0, 0.05) is 26.2 Å². The summed E-state index contributed by atoms with van der Waals surface area (Å²) >= 11 is 0. The fourth-order valence-corrected chi connectivity index (χ4v) is 2.54. The van der Waals surface area contributed by atoms with Crippen molar-refractivity contribution in [1.29, 1.82) is 0 Å². The molecule has 0 aromatic heterocycles. The van der Waals surface area contributed by atoms with Crippen LogP contribution < -0.4 is 5.32 Å². The molecule has 0 spiro atoms. The van der Waals surface area contributed by atoms with Crippen molar-refractivity contribution in [2.45, 2.75) is 47.0 Å². The zero-order valence-electron chi connectivity index (χ0n) is 14.5. The Kier molecular flexibility index (Phi) is 8.93. The molecule has 21 heavy (non-hydrogen) atoms. The maximum absolute atomic E-state index is 12.6. The van der Waals surface area contributed by atoms with E-state index in [9.17, 15) is 4.79 Å². The van der Waals surface area contributed by atoms with Crippen LogP contribution in [-0.4, -0.2) is 61.5 Å². The highest BCUT2D eigenvalue weighted by atomic mass is 16.2. The van der Waals surface area contributed by atoms with Crippen LogP contribution in [0.2, 0.25) is 0 Å². The highest BCUT2D eigenvalue weighted by Gasteiger charge is 2.18. The molecule has 0 bridgehead atoms. The second-order valence-corrected chi connectivity index (χ2v) is 7.13. The first-order valence-corrected chi connectivity index (χ1v) is 8.70. The number of rotatable bonds is 8.